The van der Waals surface area contributed by atoms with Crippen LogP contribution in [0, 0.1) is 11.8 Å². The minimum atomic E-state index is -1.47. The van der Waals surface area contributed by atoms with Gasteiger partial charge < -0.3 is 10.4 Å². The normalized spacial score (nSPS) is 21.0. The fourth-order valence-corrected chi connectivity index (χ4v) is 4.39. The highest BCUT2D eigenvalue weighted by molar-refractivity contribution is 6.10. The monoisotopic (exact) mass is 338 g/mol. The first kappa shape index (κ1) is 18.7. The Bertz CT molecular complexity index is 511. The van der Waals surface area contributed by atoms with E-state index in [0.29, 0.717) is 12.8 Å². The number of amides is 3. The Morgan fingerprint density at radius 2 is 1.62 bits per heavy atom. The highest BCUT2D eigenvalue weighted by atomic mass is 16.4. The summed E-state index contributed by atoms with van der Waals surface area (Å²) in [6, 6.07) is -0.536. The zero-order valence-corrected chi connectivity index (χ0v) is 15.2. The summed E-state index contributed by atoms with van der Waals surface area (Å²) in [5.41, 5.74) is -2.35. The van der Waals surface area contributed by atoms with Gasteiger partial charge in [0, 0.05) is 0 Å². The average Bonchev–Trinajstić information content (AvgIpc) is 2.68. The summed E-state index contributed by atoms with van der Waals surface area (Å²) in [6.45, 7) is 7.69. The van der Waals surface area contributed by atoms with Gasteiger partial charge in [0.15, 0.2) is 0 Å². The summed E-state index contributed by atoms with van der Waals surface area (Å²) in [4.78, 5) is 39.2. The number of carboxylic acids is 1. The van der Waals surface area contributed by atoms with Gasteiger partial charge in [-0.25, -0.2) is 14.5 Å². The lowest BCUT2D eigenvalue weighted by atomic mass is 9.78. The quantitative estimate of drug-likeness (QED) is 0.728. The second-order valence-corrected chi connectivity index (χ2v) is 8.25. The van der Waals surface area contributed by atoms with E-state index in [0.717, 1.165) is 24.2 Å². The van der Waals surface area contributed by atoms with Crippen LogP contribution < -0.4 is 5.32 Å². The highest BCUT2D eigenvalue weighted by Gasteiger charge is 2.60. The molecule has 1 spiro atoms. The van der Waals surface area contributed by atoms with Crippen LogP contribution in [0.5, 0.6) is 0 Å². The summed E-state index contributed by atoms with van der Waals surface area (Å²) in [5, 5.41) is 12.9. The molecule has 0 unspecified atom stereocenters. The van der Waals surface area contributed by atoms with Crippen LogP contribution in [0.2, 0.25) is 0 Å². The number of nitrogens with zero attached hydrogens (tertiary/aromatic N) is 1. The van der Waals surface area contributed by atoms with Gasteiger partial charge in [-0.3, -0.25) is 4.79 Å². The average molecular weight is 338 g/mol. The molecule has 0 radical (unpaired) electrons. The lowest BCUT2D eigenvalue weighted by Gasteiger charge is -2.39. The van der Waals surface area contributed by atoms with E-state index in [1.165, 1.54) is 0 Å². The highest BCUT2D eigenvalue weighted by Crippen LogP contribution is 2.40. The Kier molecular flexibility index (Phi) is 5.25. The molecule has 1 heterocycles. The van der Waals surface area contributed by atoms with Crippen LogP contribution in [-0.2, 0) is 9.59 Å². The number of carbonyl (C=O) groups is 3. The predicted octanol–water partition coefficient (Wildman–Crippen LogP) is 3.16. The Morgan fingerprint density at radius 1 is 1.12 bits per heavy atom. The van der Waals surface area contributed by atoms with Crippen molar-refractivity contribution < 1.29 is 19.5 Å². The number of rotatable bonds is 6. The topological polar surface area (TPSA) is 86.7 Å². The number of aliphatic carboxylic acids is 1. The summed E-state index contributed by atoms with van der Waals surface area (Å²) in [5.74, 6) is -1.30. The van der Waals surface area contributed by atoms with Gasteiger partial charge in [-0.15, -0.1) is 0 Å². The minimum Gasteiger partial charge on any atom is -0.479 e. The number of hydrogen-bond donors (Lipinski definition) is 2. The largest absolute Gasteiger partial charge is 0.479 e. The molecule has 24 heavy (non-hydrogen) atoms. The van der Waals surface area contributed by atoms with Gasteiger partial charge in [0.1, 0.15) is 11.1 Å². The smallest absolute Gasteiger partial charge is 0.330 e. The molecule has 0 aromatic heterocycles. The molecule has 1 aliphatic carbocycles. The van der Waals surface area contributed by atoms with Gasteiger partial charge >= 0.3 is 12.0 Å². The lowest BCUT2D eigenvalue weighted by Crippen LogP contribution is -2.60. The van der Waals surface area contributed by atoms with Crippen LogP contribution in [0.1, 0.15) is 72.6 Å². The van der Waals surface area contributed by atoms with Gasteiger partial charge in [0.2, 0.25) is 0 Å². The third kappa shape index (κ3) is 3.15. The van der Waals surface area contributed by atoms with Crippen molar-refractivity contribution in [2.24, 2.45) is 11.8 Å². The van der Waals surface area contributed by atoms with Crippen LogP contribution in [0.3, 0.4) is 0 Å². The third-order valence-corrected chi connectivity index (χ3v) is 5.19. The predicted molar refractivity (Wildman–Crippen MR) is 90.5 cm³/mol. The molecule has 6 nitrogen and oxygen atoms in total. The number of hydrogen-bond acceptors (Lipinski definition) is 3. The molecule has 2 rings (SSSR count). The molecule has 0 aromatic rings. The van der Waals surface area contributed by atoms with E-state index in [4.69, 9.17) is 0 Å². The minimum absolute atomic E-state index is 0.0587. The Balaban J connectivity index is 2.46. The molecule has 1 aliphatic heterocycles. The molecule has 3 amide bonds. The van der Waals surface area contributed by atoms with E-state index < -0.39 is 23.1 Å². The molecular formula is C18H30N2O4. The molecule has 0 bridgehead atoms. The standard InChI is InChI=1S/C18H30N2O4/c1-12(2)10-18(15(22)23,11-13(3)4)20-14(21)17(19-16(20)24)8-6-5-7-9-17/h12-13H,5-11H2,1-4H3,(H,19,24)(H,22,23). The van der Waals surface area contributed by atoms with Crippen molar-refractivity contribution in [1.82, 2.24) is 10.2 Å². The Labute approximate surface area is 144 Å². The number of imide groups is 1. The van der Waals surface area contributed by atoms with Gasteiger partial charge in [0.25, 0.3) is 5.91 Å². The number of urea groups is 1. The van der Waals surface area contributed by atoms with Crippen molar-refractivity contribution >= 4 is 17.9 Å². The maximum atomic E-state index is 13.2. The summed E-state index contributed by atoms with van der Waals surface area (Å²) in [7, 11) is 0. The molecule has 0 atom stereocenters. The van der Waals surface area contributed by atoms with Crippen molar-refractivity contribution in [3.05, 3.63) is 0 Å². The van der Waals surface area contributed by atoms with Crippen LogP contribution in [0.4, 0.5) is 4.79 Å². The van der Waals surface area contributed by atoms with E-state index >= 15 is 0 Å². The van der Waals surface area contributed by atoms with E-state index in [2.05, 4.69) is 5.32 Å². The van der Waals surface area contributed by atoms with Gasteiger partial charge in [-0.05, 0) is 37.5 Å². The summed E-state index contributed by atoms with van der Waals surface area (Å²) in [6.07, 6.45) is 4.57. The van der Waals surface area contributed by atoms with Crippen LogP contribution >= 0.6 is 0 Å². The van der Waals surface area contributed by atoms with E-state index in [1.54, 1.807) is 0 Å². The molecule has 2 aliphatic rings. The molecule has 136 valence electrons. The van der Waals surface area contributed by atoms with Gasteiger partial charge in [-0.1, -0.05) is 47.0 Å². The maximum absolute atomic E-state index is 13.2. The molecule has 6 heteroatoms. The molecule has 1 saturated heterocycles. The van der Waals surface area contributed by atoms with Gasteiger partial charge in [0.05, 0.1) is 0 Å². The van der Waals surface area contributed by atoms with Crippen molar-refractivity contribution in [2.45, 2.75) is 83.7 Å². The number of carboxylic acid groups (broad SMARTS) is 1. The third-order valence-electron chi connectivity index (χ3n) is 5.19. The second-order valence-electron chi connectivity index (χ2n) is 8.25. The van der Waals surface area contributed by atoms with Crippen molar-refractivity contribution in [3.63, 3.8) is 0 Å². The zero-order chi connectivity index (χ0) is 18.1. The second kappa shape index (κ2) is 6.73. The Hall–Kier alpha value is -1.59. The summed E-state index contributed by atoms with van der Waals surface area (Å²) >= 11 is 0. The SMILES string of the molecule is CC(C)CC(CC(C)C)(C(=O)O)N1C(=O)NC2(CCCCC2)C1=O. The summed E-state index contributed by atoms with van der Waals surface area (Å²) < 4.78 is 0. The maximum Gasteiger partial charge on any atom is 0.330 e. The van der Waals surface area contributed by atoms with Crippen LogP contribution in [0.25, 0.3) is 0 Å². The number of nitrogens with one attached hydrogen (secondary N) is 1. The van der Waals surface area contributed by atoms with Gasteiger partial charge in [-0.2, -0.15) is 0 Å². The van der Waals surface area contributed by atoms with Crippen molar-refractivity contribution in [3.8, 4) is 0 Å². The first-order chi connectivity index (χ1) is 11.1. The van der Waals surface area contributed by atoms with E-state index in [1.807, 2.05) is 27.7 Å². The molecular weight excluding hydrogens is 308 g/mol. The molecule has 2 N–H and O–H groups in total. The van der Waals surface area contributed by atoms with Crippen molar-refractivity contribution in [1.29, 1.82) is 0 Å². The first-order valence-corrected chi connectivity index (χ1v) is 9.05. The number of carbonyl (C=O) groups excluding carboxylic acids is 2. The van der Waals surface area contributed by atoms with E-state index in [-0.39, 0.29) is 30.6 Å². The fraction of sp³-hybridized carbons (Fsp3) is 0.833. The molecule has 2 fully saturated rings. The van der Waals surface area contributed by atoms with Crippen LogP contribution in [-0.4, -0.2) is 39.0 Å². The first-order valence-electron chi connectivity index (χ1n) is 9.05. The molecule has 0 aromatic carbocycles. The fourth-order valence-electron chi connectivity index (χ4n) is 4.39. The molecule has 1 saturated carbocycles. The van der Waals surface area contributed by atoms with Crippen molar-refractivity contribution in [2.75, 3.05) is 0 Å². The lowest BCUT2D eigenvalue weighted by molar-refractivity contribution is -0.158. The van der Waals surface area contributed by atoms with E-state index in [9.17, 15) is 19.5 Å². The Morgan fingerprint density at radius 3 is 2.04 bits per heavy atom. The van der Waals surface area contributed by atoms with Crippen LogP contribution in [0.15, 0.2) is 0 Å². The zero-order valence-electron chi connectivity index (χ0n) is 15.2.